The molecule has 0 amide bonds. The molecule has 0 saturated heterocycles. The summed E-state index contributed by atoms with van der Waals surface area (Å²) < 4.78 is 34.7. The molecule has 6 heteroatoms. The first-order valence-electron chi connectivity index (χ1n) is 10.7. The van der Waals surface area contributed by atoms with E-state index in [1.165, 1.54) is 5.56 Å². The Morgan fingerprint density at radius 2 is 1.10 bits per heavy atom. The molecule has 0 N–H and O–H groups in total. The Kier molecular flexibility index (Phi) is 9.12. The Morgan fingerprint density at radius 1 is 0.633 bits per heavy atom. The van der Waals surface area contributed by atoms with Crippen molar-refractivity contribution in [1.29, 1.82) is 0 Å². The van der Waals surface area contributed by atoms with E-state index in [9.17, 15) is 0 Å². The molecule has 0 radical (unpaired) electrons. The molecule has 1 aliphatic rings. The van der Waals surface area contributed by atoms with Crippen LogP contribution < -0.4 is 18.9 Å². The zero-order chi connectivity index (χ0) is 21.0. The minimum Gasteiger partial charge on any atom is -0.487 e. The van der Waals surface area contributed by atoms with Crippen LogP contribution >= 0.6 is 0 Å². The van der Waals surface area contributed by atoms with Crippen LogP contribution in [0.15, 0.2) is 42.5 Å². The van der Waals surface area contributed by atoms with Crippen molar-refractivity contribution in [2.45, 2.75) is 26.2 Å². The van der Waals surface area contributed by atoms with Gasteiger partial charge in [0.15, 0.2) is 23.0 Å². The third kappa shape index (κ3) is 6.82. The number of fused-ring (bicyclic) bond motifs is 2. The van der Waals surface area contributed by atoms with E-state index < -0.39 is 0 Å². The van der Waals surface area contributed by atoms with Crippen LogP contribution in [0.2, 0.25) is 0 Å². The first-order valence-corrected chi connectivity index (χ1v) is 10.7. The van der Waals surface area contributed by atoms with E-state index in [4.69, 9.17) is 28.4 Å². The fraction of sp³-hybridized carbons (Fsp3) is 0.500. The van der Waals surface area contributed by atoms with Gasteiger partial charge in [-0.15, -0.1) is 0 Å². The fourth-order valence-electron chi connectivity index (χ4n) is 3.03. The van der Waals surface area contributed by atoms with Crippen LogP contribution in [-0.4, -0.2) is 52.9 Å². The summed E-state index contributed by atoms with van der Waals surface area (Å²) in [5.74, 6) is 3.33. The first-order chi connectivity index (χ1) is 14.8. The van der Waals surface area contributed by atoms with Crippen molar-refractivity contribution in [3.05, 3.63) is 48.0 Å². The Balaban J connectivity index is 1.61. The number of benzene rings is 2. The maximum absolute atomic E-state index is 5.97. The zero-order valence-corrected chi connectivity index (χ0v) is 17.9. The smallest absolute Gasteiger partial charge is 0.161 e. The molecule has 0 spiro atoms. The summed E-state index contributed by atoms with van der Waals surface area (Å²) in [6, 6.07) is 13.7. The molecule has 3 rings (SSSR count). The lowest BCUT2D eigenvalue weighted by Gasteiger charge is -2.17. The van der Waals surface area contributed by atoms with Crippen molar-refractivity contribution in [3.8, 4) is 23.0 Å². The maximum Gasteiger partial charge on any atom is 0.161 e. The summed E-state index contributed by atoms with van der Waals surface area (Å²) >= 11 is 0. The van der Waals surface area contributed by atoms with Gasteiger partial charge >= 0.3 is 0 Å². The predicted octanol–water partition coefficient (Wildman–Crippen LogP) is 4.46. The van der Waals surface area contributed by atoms with E-state index in [0.717, 1.165) is 17.9 Å². The molecule has 1 atom stereocenters. The van der Waals surface area contributed by atoms with Gasteiger partial charge in [0.05, 0.1) is 26.4 Å². The van der Waals surface area contributed by atoms with Gasteiger partial charge in [-0.2, -0.15) is 0 Å². The van der Waals surface area contributed by atoms with Crippen molar-refractivity contribution in [2.24, 2.45) is 0 Å². The summed E-state index contributed by atoms with van der Waals surface area (Å²) in [6.45, 7) is 8.03. The number of rotatable bonds is 2. The highest BCUT2D eigenvalue weighted by Gasteiger charge is 2.11. The number of hydrogen-bond acceptors (Lipinski definition) is 6. The van der Waals surface area contributed by atoms with Crippen LogP contribution in [0, 0.1) is 0 Å². The molecule has 0 fully saturated rings. The number of ether oxygens (including phenoxy) is 6. The summed E-state index contributed by atoms with van der Waals surface area (Å²) in [4.78, 5) is 0. The average molecular weight is 417 g/mol. The normalized spacial score (nSPS) is 17.4. The number of hydrogen-bond donors (Lipinski definition) is 0. The molecule has 1 heterocycles. The van der Waals surface area contributed by atoms with Gasteiger partial charge in [0, 0.05) is 0 Å². The van der Waals surface area contributed by atoms with Gasteiger partial charge in [0.2, 0.25) is 0 Å². The van der Waals surface area contributed by atoms with E-state index in [2.05, 4.69) is 26.0 Å². The second-order valence-corrected chi connectivity index (χ2v) is 7.08. The molecular formula is C24H32O6. The standard InChI is InChI=1S/C24H32O6/c1-3-19(2)20-8-9-23-24(18-20)30-17-13-26-11-15-28-22-7-5-4-6-21(22)27-14-10-25-12-16-29-23/h4-9,18-19H,3,10-17H2,1-2H3/t19-/m1/s1. The van der Waals surface area contributed by atoms with Crippen LogP contribution in [-0.2, 0) is 9.47 Å². The van der Waals surface area contributed by atoms with Crippen LogP contribution in [0.5, 0.6) is 23.0 Å². The van der Waals surface area contributed by atoms with Crippen LogP contribution in [0.25, 0.3) is 0 Å². The largest absolute Gasteiger partial charge is 0.487 e. The van der Waals surface area contributed by atoms with Crippen molar-refractivity contribution in [3.63, 3.8) is 0 Å². The average Bonchev–Trinajstić information content (AvgIpc) is 2.78. The second-order valence-electron chi connectivity index (χ2n) is 7.08. The third-order valence-electron chi connectivity index (χ3n) is 4.94. The predicted molar refractivity (Wildman–Crippen MR) is 115 cm³/mol. The Morgan fingerprint density at radius 3 is 1.60 bits per heavy atom. The van der Waals surface area contributed by atoms with E-state index in [-0.39, 0.29) is 0 Å². The molecule has 0 saturated carbocycles. The molecule has 0 bridgehead atoms. The highest BCUT2D eigenvalue weighted by atomic mass is 16.6. The van der Waals surface area contributed by atoms with Gasteiger partial charge < -0.3 is 28.4 Å². The Hall–Kier alpha value is -2.44. The zero-order valence-electron chi connectivity index (χ0n) is 17.9. The summed E-state index contributed by atoms with van der Waals surface area (Å²) in [7, 11) is 0. The quantitative estimate of drug-likeness (QED) is 0.720. The van der Waals surface area contributed by atoms with Crippen LogP contribution in [0.4, 0.5) is 0 Å². The second kappa shape index (κ2) is 12.3. The van der Waals surface area contributed by atoms with E-state index in [1.807, 2.05) is 30.3 Å². The lowest BCUT2D eigenvalue weighted by Crippen LogP contribution is -2.15. The molecule has 1 aliphatic heterocycles. The molecule has 6 nitrogen and oxygen atoms in total. The first kappa shape index (κ1) is 22.2. The van der Waals surface area contributed by atoms with Crippen molar-refractivity contribution >= 4 is 0 Å². The van der Waals surface area contributed by atoms with Crippen LogP contribution in [0.1, 0.15) is 31.7 Å². The molecule has 30 heavy (non-hydrogen) atoms. The third-order valence-corrected chi connectivity index (χ3v) is 4.94. The Labute approximate surface area is 179 Å². The summed E-state index contributed by atoms with van der Waals surface area (Å²) in [5.41, 5.74) is 1.24. The lowest BCUT2D eigenvalue weighted by molar-refractivity contribution is 0.0640. The van der Waals surface area contributed by atoms with Gasteiger partial charge in [0.1, 0.15) is 26.4 Å². The van der Waals surface area contributed by atoms with Crippen molar-refractivity contribution in [2.75, 3.05) is 52.9 Å². The van der Waals surface area contributed by atoms with Gasteiger partial charge in [-0.3, -0.25) is 0 Å². The van der Waals surface area contributed by atoms with E-state index >= 15 is 0 Å². The van der Waals surface area contributed by atoms with Gasteiger partial charge in [-0.1, -0.05) is 32.0 Å². The highest BCUT2D eigenvalue weighted by Crippen LogP contribution is 2.32. The van der Waals surface area contributed by atoms with Gasteiger partial charge in [0.25, 0.3) is 0 Å². The molecule has 0 unspecified atom stereocenters. The Bertz CT molecular complexity index is 763. The minimum atomic E-state index is 0.439. The highest BCUT2D eigenvalue weighted by molar-refractivity contribution is 5.44. The molecule has 0 aromatic heterocycles. The molecule has 164 valence electrons. The summed E-state index contributed by atoms with van der Waals surface area (Å²) in [5, 5.41) is 0. The van der Waals surface area contributed by atoms with Crippen molar-refractivity contribution < 1.29 is 28.4 Å². The molecule has 2 aromatic rings. The molecular weight excluding hydrogens is 384 g/mol. The molecule has 0 aliphatic carbocycles. The van der Waals surface area contributed by atoms with Gasteiger partial charge in [-0.25, -0.2) is 0 Å². The van der Waals surface area contributed by atoms with Gasteiger partial charge in [-0.05, 0) is 42.2 Å². The van der Waals surface area contributed by atoms with Crippen molar-refractivity contribution in [1.82, 2.24) is 0 Å². The monoisotopic (exact) mass is 416 g/mol. The topological polar surface area (TPSA) is 55.4 Å². The fourth-order valence-corrected chi connectivity index (χ4v) is 3.03. The lowest BCUT2D eigenvalue weighted by atomic mass is 9.98. The SMILES string of the molecule is CC[C@@H](C)c1ccc2c(c1)OCCOCCOc1ccccc1OCCOCCO2. The molecule has 2 aromatic carbocycles. The number of para-hydroxylation sites is 2. The van der Waals surface area contributed by atoms with Crippen LogP contribution in [0.3, 0.4) is 0 Å². The maximum atomic E-state index is 5.97. The van der Waals surface area contributed by atoms with E-state index in [0.29, 0.717) is 70.3 Å². The summed E-state index contributed by atoms with van der Waals surface area (Å²) in [6.07, 6.45) is 1.07. The minimum absolute atomic E-state index is 0.439. The van der Waals surface area contributed by atoms with E-state index in [1.54, 1.807) is 0 Å².